The van der Waals surface area contributed by atoms with Crippen molar-refractivity contribution in [1.82, 2.24) is 10.6 Å². The van der Waals surface area contributed by atoms with E-state index in [0.29, 0.717) is 0 Å². The Labute approximate surface area is 133 Å². The number of rotatable bonds is 8. The summed E-state index contributed by atoms with van der Waals surface area (Å²) in [6.45, 7) is 0.809. The number of aliphatic hydroxyl groups is 1. The lowest BCUT2D eigenvalue weighted by atomic mass is 10.0. The third-order valence-corrected chi connectivity index (χ3v) is 3.15. The summed E-state index contributed by atoms with van der Waals surface area (Å²) in [5, 5.41) is 22.6. The summed E-state index contributed by atoms with van der Waals surface area (Å²) < 4.78 is 0. The zero-order valence-corrected chi connectivity index (χ0v) is 12.7. The quantitative estimate of drug-likeness (QED) is 0.399. The van der Waals surface area contributed by atoms with Crippen LogP contribution in [0.4, 0.5) is 0 Å². The van der Waals surface area contributed by atoms with Crippen LogP contribution in [0.1, 0.15) is 12.5 Å². The van der Waals surface area contributed by atoms with Crippen LogP contribution in [0.3, 0.4) is 0 Å². The summed E-state index contributed by atoms with van der Waals surface area (Å²) in [6, 6.07) is 6.76. The first-order chi connectivity index (χ1) is 10.8. The fourth-order valence-corrected chi connectivity index (χ4v) is 1.83. The van der Waals surface area contributed by atoms with Crippen molar-refractivity contribution in [3.05, 3.63) is 35.9 Å². The number of carbonyl (C=O) groups excluding carboxylic acids is 2. The normalized spacial score (nSPS) is 14.4. The van der Waals surface area contributed by atoms with Gasteiger partial charge in [0, 0.05) is 6.42 Å². The number of benzene rings is 1. The maximum absolute atomic E-state index is 12.1. The molecule has 126 valence electrons. The highest BCUT2D eigenvalue weighted by Crippen LogP contribution is 2.04. The van der Waals surface area contributed by atoms with Gasteiger partial charge in [-0.3, -0.25) is 14.4 Å². The third kappa shape index (κ3) is 6.45. The van der Waals surface area contributed by atoms with Gasteiger partial charge in [-0.05, 0) is 12.5 Å². The van der Waals surface area contributed by atoms with E-state index in [2.05, 4.69) is 10.6 Å². The summed E-state index contributed by atoms with van der Waals surface area (Å²) in [7, 11) is 0. The zero-order chi connectivity index (χ0) is 17.4. The standard InChI is InChI=1S/C15H21N3O5/c1-9(19)13(16)15(23)18-11(14(22)17-8-12(20)21)7-10-5-3-2-4-6-10/h2-6,9,11,13,19H,7-8,16H2,1H3,(H,17,22)(H,18,23)(H,20,21). The smallest absolute Gasteiger partial charge is 0.322 e. The van der Waals surface area contributed by atoms with Gasteiger partial charge in [0.1, 0.15) is 18.6 Å². The molecule has 0 radical (unpaired) electrons. The molecule has 1 rings (SSSR count). The number of carboxylic acids is 1. The van der Waals surface area contributed by atoms with Crippen LogP contribution in [0.25, 0.3) is 0 Å². The maximum Gasteiger partial charge on any atom is 0.322 e. The van der Waals surface area contributed by atoms with Gasteiger partial charge in [-0.1, -0.05) is 30.3 Å². The Morgan fingerprint density at radius 2 is 1.78 bits per heavy atom. The van der Waals surface area contributed by atoms with Gasteiger partial charge in [0.25, 0.3) is 0 Å². The van der Waals surface area contributed by atoms with Crippen LogP contribution in [0.2, 0.25) is 0 Å². The van der Waals surface area contributed by atoms with Crippen LogP contribution >= 0.6 is 0 Å². The number of aliphatic hydroxyl groups excluding tert-OH is 1. The van der Waals surface area contributed by atoms with Gasteiger partial charge in [0.2, 0.25) is 11.8 Å². The van der Waals surface area contributed by atoms with E-state index in [1.54, 1.807) is 24.3 Å². The van der Waals surface area contributed by atoms with Gasteiger partial charge >= 0.3 is 5.97 Å². The van der Waals surface area contributed by atoms with Crippen molar-refractivity contribution >= 4 is 17.8 Å². The molecule has 0 bridgehead atoms. The molecule has 3 unspecified atom stereocenters. The second-order valence-electron chi connectivity index (χ2n) is 5.13. The fraction of sp³-hybridized carbons (Fsp3) is 0.400. The molecule has 8 heteroatoms. The number of aliphatic carboxylic acids is 1. The molecule has 0 aliphatic rings. The highest BCUT2D eigenvalue weighted by molar-refractivity contribution is 5.91. The number of nitrogens with two attached hydrogens (primary N) is 1. The molecule has 0 heterocycles. The number of amides is 2. The second kappa shape index (κ2) is 8.86. The molecule has 23 heavy (non-hydrogen) atoms. The maximum atomic E-state index is 12.1. The molecular formula is C15H21N3O5. The van der Waals surface area contributed by atoms with Crippen molar-refractivity contribution in [3.63, 3.8) is 0 Å². The minimum atomic E-state index is -1.19. The van der Waals surface area contributed by atoms with Crippen LogP contribution in [0.15, 0.2) is 30.3 Å². The Hall–Kier alpha value is -2.45. The Morgan fingerprint density at radius 3 is 2.30 bits per heavy atom. The van der Waals surface area contributed by atoms with Crippen molar-refractivity contribution in [2.75, 3.05) is 6.54 Å². The Bertz CT molecular complexity index is 547. The average molecular weight is 323 g/mol. The predicted octanol–water partition coefficient (Wildman–Crippen LogP) is -1.38. The van der Waals surface area contributed by atoms with E-state index in [1.807, 2.05) is 6.07 Å². The summed E-state index contributed by atoms with van der Waals surface area (Å²) >= 11 is 0. The molecule has 2 amide bonds. The molecule has 0 fully saturated rings. The van der Waals surface area contributed by atoms with Crippen molar-refractivity contribution in [2.45, 2.75) is 31.5 Å². The van der Waals surface area contributed by atoms with Gasteiger partial charge in [0.15, 0.2) is 0 Å². The lowest BCUT2D eigenvalue weighted by Gasteiger charge is -2.21. The molecule has 8 nitrogen and oxygen atoms in total. The molecule has 0 aromatic heterocycles. The lowest BCUT2D eigenvalue weighted by molar-refractivity contribution is -0.138. The number of hydrogen-bond donors (Lipinski definition) is 5. The van der Waals surface area contributed by atoms with Gasteiger partial charge in [-0.2, -0.15) is 0 Å². The largest absolute Gasteiger partial charge is 0.480 e. The van der Waals surface area contributed by atoms with Crippen molar-refractivity contribution in [2.24, 2.45) is 5.73 Å². The van der Waals surface area contributed by atoms with Crippen molar-refractivity contribution < 1.29 is 24.6 Å². The molecule has 3 atom stereocenters. The van der Waals surface area contributed by atoms with Crippen molar-refractivity contribution in [3.8, 4) is 0 Å². The van der Waals surface area contributed by atoms with Gasteiger partial charge < -0.3 is 26.6 Å². The molecule has 6 N–H and O–H groups in total. The van der Waals surface area contributed by atoms with E-state index in [0.717, 1.165) is 5.56 Å². The molecule has 0 aliphatic carbocycles. The van der Waals surface area contributed by atoms with E-state index in [4.69, 9.17) is 10.8 Å². The summed E-state index contributed by atoms with van der Waals surface area (Å²) in [4.78, 5) is 34.6. The Balaban J connectivity index is 2.81. The Kier molecular flexibility index (Phi) is 7.17. The predicted molar refractivity (Wildman–Crippen MR) is 82.4 cm³/mol. The first-order valence-corrected chi connectivity index (χ1v) is 7.08. The van der Waals surface area contributed by atoms with Crippen molar-refractivity contribution in [1.29, 1.82) is 0 Å². The highest BCUT2D eigenvalue weighted by atomic mass is 16.4. The van der Waals surface area contributed by atoms with E-state index < -0.39 is 42.5 Å². The van der Waals surface area contributed by atoms with Crippen LogP contribution in [0.5, 0.6) is 0 Å². The van der Waals surface area contributed by atoms with E-state index >= 15 is 0 Å². The van der Waals surface area contributed by atoms with Gasteiger partial charge in [-0.15, -0.1) is 0 Å². The molecule has 1 aromatic rings. The second-order valence-corrected chi connectivity index (χ2v) is 5.13. The van der Waals surface area contributed by atoms with Crippen LogP contribution in [0, 0.1) is 0 Å². The minimum Gasteiger partial charge on any atom is -0.480 e. The van der Waals surface area contributed by atoms with E-state index in [9.17, 15) is 19.5 Å². The lowest BCUT2D eigenvalue weighted by Crippen LogP contribution is -2.55. The summed E-state index contributed by atoms with van der Waals surface area (Å²) in [6.07, 6.45) is -0.903. The average Bonchev–Trinajstić information content (AvgIpc) is 2.51. The molecule has 1 aromatic carbocycles. The van der Waals surface area contributed by atoms with Gasteiger partial charge in [0.05, 0.1) is 6.10 Å². The van der Waals surface area contributed by atoms with Crippen LogP contribution < -0.4 is 16.4 Å². The highest BCUT2D eigenvalue weighted by Gasteiger charge is 2.26. The molecule has 0 saturated carbocycles. The molecule has 0 aliphatic heterocycles. The summed E-state index contributed by atoms with van der Waals surface area (Å²) in [5.41, 5.74) is 6.32. The topological polar surface area (TPSA) is 142 Å². The Morgan fingerprint density at radius 1 is 1.17 bits per heavy atom. The number of carbonyl (C=O) groups is 3. The first kappa shape index (κ1) is 18.6. The molecular weight excluding hydrogens is 302 g/mol. The number of hydrogen-bond acceptors (Lipinski definition) is 5. The van der Waals surface area contributed by atoms with Crippen LogP contribution in [-0.2, 0) is 20.8 Å². The van der Waals surface area contributed by atoms with Crippen LogP contribution in [-0.4, -0.2) is 52.7 Å². The minimum absolute atomic E-state index is 0.171. The monoisotopic (exact) mass is 323 g/mol. The van der Waals surface area contributed by atoms with E-state index in [-0.39, 0.29) is 6.42 Å². The summed E-state index contributed by atoms with van der Waals surface area (Å²) in [5.74, 6) is -2.52. The zero-order valence-electron chi connectivity index (χ0n) is 12.7. The number of carboxylic acid groups (broad SMARTS) is 1. The third-order valence-electron chi connectivity index (χ3n) is 3.15. The SMILES string of the molecule is CC(O)C(N)C(=O)NC(Cc1ccccc1)C(=O)NCC(=O)O. The molecule has 0 spiro atoms. The number of nitrogens with one attached hydrogen (secondary N) is 2. The molecule has 0 saturated heterocycles. The van der Waals surface area contributed by atoms with Gasteiger partial charge in [-0.25, -0.2) is 0 Å². The van der Waals surface area contributed by atoms with E-state index in [1.165, 1.54) is 6.92 Å². The first-order valence-electron chi connectivity index (χ1n) is 7.08. The fourth-order valence-electron chi connectivity index (χ4n) is 1.83.